The second-order valence-electron chi connectivity index (χ2n) is 7.61. The van der Waals surface area contributed by atoms with Crippen molar-refractivity contribution in [1.29, 1.82) is 0 Å². The summed E-state index contributed by atoms with van der Waals surface area (Å²) in [5.74, 6) is -0.0572. The quantitative estimate of drug-likeness (QED) is 0.283. The van der Waals surface area contributed by atoms with Gasteiger partial charge in [-0.2, -0.15) is 5.10 Å². The maximum Gasteiger partial charge on any atom is 0.323 e. The van der Waals surface area contributed by atoms with Gasteiger partial charge in [0.05, 0.1) is 22.3 Å². The van der Waals surface area contributed by atoms with Crippen LogP contribution < -0.4 is 16.4 Å². The lowest BCUT2D eigenvalue weighted by atomic mass is 9.95. The van der Waals surface area contributed by atoms with Crippen molar-refractivity contribution in [3.63, 3.8) is 0 Å². The van der Waals surface area contributed by atoms with Crippen LogP contribution in [0.1, 0.15) is 5.56 Å². The number of aryl methyl sites for hydroxylation is 1. The Morgan fingerprint density at radius 2 is 1.69 bits per heavy atom. The number of nitrogens with one attached hydrogen (secondary N) is 3. The number of aromatic amines is 1. The standard InChI is InChI=1S/C25H20FN5O/c1-14-9-11-19(26)22(13-14)29-25(32)28-20-12-10-16(15-5-2-3-6-17(15)20)18-7-4-8-21-23(18)24(27)31-30-21/h2-13H,1H3,(H3,27,30,31)(H2,28,29,32). The van der Waals surface area contributed by atoms with Crippen molar-refractivity contribution in [2.75, 3.05) is 16.4 Å². The number of halogens is 1. The lowest BCUT2D eigenvalue weighted by Gasteiger charge is -2.14. The van der Waals surface area contributed by atoms with Crippen molar-refractivity contribution in [1.82, 2.24) is 10.2 Å². The molecular weight excluding hydrogens is 405 g/mol. The molecule has 0 unspecified atom stereocenters. The Kier molecular flexibility index (Phi) is 4.71. The predicted octanol–water partition coefficient (Wildman–Crippen LogP) is 6.06. The van der Waals surface area contributed by atoms with Crippen molar-refractivity contribution in [2.45, 2.75) is 6.92 Å². The van der Waals surface area contributed by atoms with Crippen LogP contribution in [-0.2, 0) is 0 Å². The van der Waals surface area contributed by atoms with E-state index in [2.05, 4.69) is 20.8 Å². The van der Waals surface area contributed by atoms with Crippen LogP contribution in [0.5, 0.6) is 0 Å². The summed E-state index contributed by atoms with van der Waals surface area (Å²) < 4.78 is 14.0. The van der Waals surface area contributed by atoms with Crippen LogP contribution in [0.2, 0.25) is 0 Å². The molecule has 1 aromatic heterocycles. The molecule has 0 bridgehead atoms. The van der Waals surface area contributed by atoms with Gasteiger partial charge in [0.25, 0.3) is 0 Å². The van der Waals surface area contributed by atoms with Gasteiger partial charge in [-0.25, -0.2) is 9.18 Å². The number of urea groups is 1. The molecule has 6 nitrogen and oxygen atoms in total. The monoisotopic (exact) mass is 425 g/mol. The van der Waals surface area contributed by atoms with Gasteiger partial charge in [0.2, 0.25) is 0 Å². The average molecular weight is 425 g/mol. The molecule has 32 heavy (non-hydrogen) atoms. The van der Waals surface area contributed by atoms with E-state index in [4.69, 9.17) is 5.73 Å². The van der Waals surface area contributed by atoms with Crippen LogP contribution in [0.3, 0.4) is 0 Å². The predicted molar refractivity (Wildman–Crippen MR) is 127 cm³/mol. The summed E-state index contributed by atoms with van der Waals surface area (Å²) in [5.41, 5.74) is 10.5. The Labute approximate surface area is 183 Å². The van der Waals surface area contributed by atoms with Gasteiger partial charge in [-0.1, -0.05) is 48.5 Å². The van der Waals surface area contributed by atoms with Crippen molar-refractivity contribution in [3.8, 4) is 11.1 Å². The molecule has 0 saturated heterocycles. The molecule has 0 spiro atoms. The highest BCUT2D eigenvalue weighted by Crippen LogP contribution is 2.38. The van der Waals surface area contributed by atoms with Gasteiger partial charge >= 0.3 is 6.03 Å². The van der Waals surface area contributed by atoms with Crippen molar-refractivity contribution >= 4 is 44.9 Å². The first kappa shape index (κ1) is 19.6. The second-order valence-corrected chi connectivity index (χ2v) is 7.61. The van der Waals surface area contributed by atoms with E-state index >= 15 is 0 Å². The van der Waals surface area contributed by atoms with Crippen LogP contribution in [-0.4, -0.2) is 16.2 Å². The molecule has 5 rings (SSSR count). The third-order valence-corrected chi connectivity index (χ3v) is 5.45. The zero-order valence-corrected chi connectivity index (χ0v) is 17.2. The van der Waals surface area contributed by atoms with E-state index in [1.165, 1.54) is 6.07 Å². The minimum Gasteiger partial charge on any atom is -0.382 e. The number of carbonyl (C=O) groups excluding carboxylic acids is 1. The van der Waals surface area contributed by atoms with Crippen LogP contribution in [0.15, 0.2) is 72.8 Å². The number of hydrogen-bond donors (Lipinski definition) is 4. The maximum atomic E-state index is 14.0. The van der Waals surface area contributed by atoms with E-state index in [0.717, 1.165) is 38.4 Å². The molecule has 0 fully saturated rings. The number of amides is 2. The third-order valence-electron chi connectivity index (χ3n) is 5.45. The molecule has 2 amide bonds. The highest BCUT2D eigenvalue weighted by Gasteiger charge is 2.15. The van der Waals surface area contributed by atoms with Crippen LogP contribution >= 0.6 is 0 Å². The van der Waals surface area contributed by atoms with E-state index in [9.17, 15) is 9.18 Å². The first-order valence-corrected chi connectivity index (χ1v) is 10.1. The Balaban J connectivity index is 1.55. The smallest absolute Gasteiger partial charge is 0.323 e. The Hall–Kier alpha value is -4.39. The Morgan fingerprint density at radius 1 is 0.906 bits per heavy atom. The second kappa shape index (κ2) is 7.70. The molecule has 1 heterocycles. The van der Waals surface area contributed by atoms with Gasteiger partial charge in [-0.3, -0.25) is 5.10 Å². The SMILES string of the molecule is Cc1ccc(F)c(NC(=O)Nc2ccc(-c3cccc4[nH]nc(N)c34)c3ccccc23)c1. The number of fused-ring (bicyclic) bond motifs is 2. The summed E-state index contributed by atoms with van der Waals surface area (Å²) in [4.78, 5) is 12.6. The number of nitrogens with zero attached hydrogens (tertiary/aromatic N) is 1. The summed E-state index contributed by atoms with van der Waals surface area (Å²) in [5, 5.41) is 15.1. The third kappa shape index (κ3) is 3.39. The summed E-state index contributed by atoms with van der Waals surface area (Å²) in [6.07, 6.45) is 0. The van der Waals surface area contributed by atoms with Crippen molar-refractivity contribution in [3.05, 3.63) is 84.2 Å². The van der Waals surface area contributed by atoms with E-state index in [1.807, 2.05) is 61.5 Å². The van der Waals surface area contributed by atoms with Crippen LogP contribution in [0.4, 0.5) is 26.4 Å². The molecule has 5 aromatic rings. The number of rotatable bonds is 3. The van der Waals surface area contributed by atoms with Gasteiger partial charge < -0.3 is 16.4 Å². The molecule has 0 aliphatic carbocycles. The largest absolute Gasteiger partial charge is 0.382 e. The van der Waals surface area contributed by atoms with Gasteiger partial charge in [0.15, 0.2) is 5.82 Å². The number of benzene rings is 4. The molecule has 0 aliphatic heterocycles. The molecule has 0 aliphatic rings. The van der Waals surface area contributed by atoms with Gasteiger partial charge in [0, 0.05) is 5.39 Å². The summed E-state index contributed by atoms with van der Waals surface area (Å²) in [6.45, 7) is 1.84. The first-order valence-electron chi connectivity index (χ1n) is 10.1. The van der Waals surface area contributed by atoms with E-state index in [0.29, 0.717) is 11.5 Å². The lowest BCUT2D eigenvalue weighted by Crippen LogP contribution is -2.20. The fraction of sp³-hybridized carbons (Fsp3) is 0.0400. The molecule has 4 aromatic carbocycles. The maximum absolute atomic E-state index is 14.0. The number of H-pyrrole nitrogens is 1. The van der Waals surface area contributed by atoms with E-state index < -0.39 is 11.8 Å². The summed E-state index contributed by atoms with van der Waals surface area (Å²) in [7, 11) is 0. The highest BCUT2D eigenvalue weighted by molar-refractivity contribution is 6.13. The molecule has 0 atom stereocenters. The van der Waals surface area contributed by atoms with E-state index in [1.54, 1.807) is 12.1 Å². The first-order chi connectivity index (χ1) is 15.5. The number of nitrogens with two attached hydrogens (primary N) is 1. The molecule has 158 valence electrons. The van der Waals surface area contributed by atoms with Crippen LogP contribution in [0.25, 0.3) is 32.8 Å². The molecular formula is C25H20FN5O. The fourth-order valence-electron chi connectivity index (χ4n) is 3.98. The normalized spacial score (nSPS) is 11.1. The van der Waals surface area contributed by atoms with Gasteiger partial charge in [-0.05, 0) is 53.3 Å². The number of anilines is 3. The van der Waals surface area contributed by atoms with Crippen molar-refractivity contribution < 1.29 is 9.18 Å². The molecule has 5 N–H and O–H groups in total. The van der Waals surface area contributed by atoms with E-state index in [-0.39, 0.29) is 5.69 Å². The molecule has 0 saturated carbocycles. The van der Waals surface area contributed by atoms with Gasteiger partial charge in [0.1, 0.15) is 5.82 Å². The Morgan fingerprint density at radius 3 is 2.53 bits per heavy atom. The van der Waals surface area contributed by atoms with Gasteiger partial charge in [-0.15, -0.1) is 0 Å². The number of nitrogen functional groups attached to an aromatic ring is 1. The topological polar surface area (TPSA) is 95.8 Å². The lowest BCUT2D eigenvalue weighted by molar-refractivity contribution is 0.262. The molecule has 0 radical (unpaired) electrons. The van der Waals surface area contributed by atoms with Crippen LogP contribution in [0, 0.1) is 12.7 Å². The fourth-order valence-corrected chi connectivity index (χ4v) is 3.98. The number of hydrogen-bond acceptors (Lipinski definition) is 3. The van der Waals surface area contributed by atoms with Crippen molar-refractivity contribution in [2.24, 2.45) is 0 Å². The summed E-state index contributed by atoms with van der Waals surface area (Å²) >= 11 is 0. The minimum atomic E-state index is -0.520. The minimum absolute atomic E-state index is 0.130. The number of aromatic nitrogens is 2. The zero-order valence-electron chi connectivity index (χ0n) is 17.2. The highest BCUT2D eigenvalue weighted by atomic mass is 19.1. The number of carbonyl (C=O) groups is 1. The molecule has 7 heteroatoms. The summed E-state index contributed by atoms with van der Waals surface area (Å²) in [6, 6.07) is 21.5. The Bertz CT molecular complexity index is 1490. The zero-order chi connectivity index (χ0) is 22.2. The average Bonchev–Trinajstić information content (AvgIpc) is 3.18.